The van der Waals surface area contributed by atoms with Gasteiger partial charge in [-0.15, -0.1) is 0 Å². The number of amides is 2. The van der Waals surface area contributed by atoms with Gasteiger partial charge in [-0.05, 0) is 37.6 Å². The first kappa shape index (κ1) is 23.5. The van der Waals surface area contributed by atoms with E-state index in [9.17, 15) is 9.59 Å². The molecular weight excluding hydrogens is 456 g/mol. The van der Waals surface area contributed by atoms with Crippen molar-refractivity contribution < 1.29 is 14.3 Å². The van der Waals surface area contributed by atoms with Crippen molar-refractivity contribution in [2.24, 2.45) is 0 Å². The highest BCUT2D eigenvalue weighted by molar-refractivity contribution is 5.98. The molecular formula is C27H28N6O3. The number of morpholine rings is 1. The molecule has 0 saturated carbocycles. The van der Waals surface area contributed by atoms with Gasteiger partial charge in [-0.2, -0.15) is 0 Å². The molecule has 2 amide bonds. The number of fused-ring (bicyclic) bond motifs is 1. The van der Waals surface area contributed by atoms with E-state index in [1.54, 1.807) is 17.2 Å². The van der Waals surface area contributed by atoms with Crippen molar-refractivity contribution in [1.82, 2.24) is 24.6 Å². The molecule has 3 heterocycles. The number of aryl methyl sites for hydroxylation is 2. The van der Waals surface area contributed by atoms with E-state index in [2.05, 4.69) is 51.8 Å². The van der Waals surface area contributed by atoms with Gasteiger partial charge in [0, 0.05) is 42.3 Å². The maximum atomic E-state index is 12.7. The highest BCUT2D eigenvalue weighted by Crippen LogP contribution is 2.26. The van der Waals surface area contributed by atoms with E-state index >= 15 is 0 Å². The topological polar surface area (TPSA) is 101 Å². The van der Waals surface area contributed by atoms with Gasteiger partial charge in [0.25, 0.3) is 5.91 Å². The Morgan fingerprint density at radius 3 is 2.56 bits per heavy atom. The Kier molecular flexibility index (Phi) is 6.64. The monoisotopic (exact) mass is 484 g/mol. The third-order valence-electron chi connectivity index (χ3n) is 6.27. The zero-order chi connectivity index (χ0) is 25.1. The molecule has 1 aliphatic heterocycles. The largest absolute Gasteiger partial charge is 0.378 e. The van der Waals surface area contributed by atoms with Crippen molar-refractivity contribution in [2.75, 3.05) is 38.2 Å². The number of hydrogen-bond donors (Lipinski definition) is 2. The van der Waals surface area contributed by atoms with Crippen molar-refractivity contribution >= 4 is 29.0 Å². The molecule has 0 spiro atoms. The number of anilines is 2. The summed E-state index contributed by atoms with van der Waals surface area (Å²) < 4.78 is 7.27. The predicted molar refractivity (Wildman–Crippen MR) is 137 cm³/mol. The van der Waals surface area contributed by atoms with Crippen LogP contribution in [0.15, 0.2) is 61.1 Å². The number of aromatic nitrogens is 3. The average Bonchev–Trinajstić information content (AvgIpc) is 3.33. The molecule has 184 valence electrons. The van der Waals surface area contributed by atoms with Gasteiger partial charge in [-0.25, -0.2) is 9.97 Å². The number of imidazole rings is 1. The lowest BCUT2D eigenvalue weighted by Gasteiger charge is -2.26. The second-order valence-corrected chi connectivity index (χ2v) is 8.81. The lowest BCUT2D eigenvalue weighted by molar-refractivity contribution is -0.134. The van der Waals surface area contributed by atoms with Crippen LogP contribution in [-0.2, 0) is 9.53 Å². The summed E-state index contributed by atoms with van der Waals surface area (Å²) in [4.78, 5) is 35.8. The van der Waals surface area contributed by atoms with Crippen LogP contribution in [-0.4, -0.2) is 63.9 Å². The Morgan fingerprint density at radius 1 is 1.03 bits per heavy atom. The minimum absolute atomic E-state index is 0.0343. The fourth-order valence-electron chi connectivity index (χ4n) is 4.25. The van der Waals surface area contributed by atoms with E-state index < -0.39 is 0 Å². The molecule has 2 aromatic heterocycles. The molecule has 36 heavy (non-hydrogen) atoms. The molecule has 1 aliphatic rings. The van der Waals surface area contributed by atoms with Crippen molar-refractivity contribution in [2.45, 2.75) is 13.8 Å². The van der Waals surface area contributed by atoms with Crippen LogP contribution in [0.25, 0.3) is 16.9 Å². The van der Waals surface area contributed by atoms with Gasteiger partial charge in [0.2, 0.25) is 5.91 Å². The molecule has 4 aromatic rings. The fraction of sp³-hybridized carbons (Fsp3) is 0.259. The van der Waals surface area contributed by atoms with E-state index in [0.717, 1.165) is 22.5 Å². The highest BCUT2D eigenvalue weighted by atomic mass is 16.5. The van der Waals surface area contributed by atoms with Crippen molar-refractivity contribution in [3.05, 3.63) is 77.7 Å². The molecule has 0 unspecified atom stereocenters. The first-order valence-corrected chi connectivity index (χ1v) is 11.9. The normalized spacial score (nSPS) is 13.6. The van der Waals surface area contributed by atoms with Crippen molar-refractivity contribution in [3.8, 4) is 11.3 Å². The number of benzene rings is 2. The molecule has 0 atom stereocenters. The summed E-state index contributed by atoms with van der Waals surface area (Å²) in [6, 6.07) is 13.8. The Morgan fingerprint density at radius 2 is 1.81 bits per heavy atom. The molecule has 9 heteroatoms. The number of nitrogens with one attached hydrogen (secondary N) is 2. The summed E-state index contributed by atoms with van der Waals surface area (Å²) in [6.07, 6.45) is 5.46. The summed E-state index contributed by atoms with van der Waals surface area (Å²) in [5.41, 5.74) is 6.04. The first-order valence-electron chi connectivity index (χ1n) is 11.9. The van der Waals surface area contributed by atoms with Gasteiger partial charge in [-0.1, -0.05) is 29.8 Å². The summed E-state index contributed by atoms with van der Waals surface area (Å²) >= 11 is 0. The zero-order valence-corrected chi connectivity index (χ0v) is 20.3. The van der Waals surface area contributed by atoms with Gasteiger partial charge >= 0.3 is 0 Å². The van der Waals surface area contributed by atoms with Gasteiger partial charge in [0.15, 0.2) is 11.5 Å². The van der Waals surface area contributed by atoms with Crippen molar-refractivity contribution in [1.29, 1.82) is 0 Å². The van der Waals surface area contributed by atoms with Crippen LogP contribution >= 0.6 is 0 Å². The average molecular weight is 485 g/mol. The summed E-state index contributed by atoms with van der Waals surface area (Å²) in [5, 5.41) is 6.06. The van der Waals surface area contributed by atoms with Crippen LogP contribution < -0.4 is 10.6 Å². The van der Waals surface area contributed by atoms with Crippen LogP contribution in [0.5, 0.6) is 0 Å². The lowest BCUT2D eigenvalue weighted by Crippen LogP contribution is -2.45. The Balaban J connectivity index is 1.29. The maximum absolute atomic E-state index is 12.7. The standard InChI is InChI=1S/C27H28N6O3/c1-18-3-5-20(6-4-18)23-16-29-26-25(28-9-10-33(23)26)31-21-7-8-22(19(2)15-21)27(35)30-17-24(34)32-11-13-36-14-12-32/h3-10,15-16H,11-14,17H2,1-2H3,(H,28,31)(H,30,35). The fourth-order valence-corrected chi connectivity index (χ4v) is 4.25. The van der Waals surface area contributed by atoms with E-state index in [0.29, 0.717) is 43.3 Å². The summed E-state index contributed by atoms with van der Waals surface area (Å²) in [7, 11) is 0. The number of nitrogens with zero attached hydrogens (tertiary/aromatic N) is 4. The number of rotatable bonds is 6. The second kappa shape index (κ2) is 10.2. The van der Waals surface area contributed by atoms with Crippen LogP contribution in [0.4, 0.5) is 11.5 Å². The van der Waals surface area contributed by atoms with Crippen LogP contribution in [0.2, 0.25) is 0 Å². The summed E-state index contributed by atoms with van der Waals surface area (Å²) in [5.74, 6) is 0.229. The Bertz CT molecular complexity index is 1410. The first-order chi connectivity index (χ1) is 17.5. The SMILES string of the molecule is Cc1ccc(-c2cnc3c(Nc4ccc(C(=O)NCC(=O)N5CCOCC5)c(C)c4)nccn23)cc1. The van der Waals surface area contributed by atoms with Gasteiger partial charge < -0.3 is 20.3 Å². The number of hydrogen-bond acceptors (Lipinski definition) is 6. The smallest absolute Gasteiger partial charge is 0.251 e. The third kappa shape index (κ3) is 4.92. The maximum Gasteiger partial charge on any atom is 0.251 e. The number of ether oxygens (including phenoxy) is 1. The highest BCUT2D eigenvalue weighted by Gasteiger charge is 2.18. The molecule has 2 N–H and O–H groups in total. The summed E-state index contributed by atoms with van der Waals surface area (Å²) in [6.45, 7) is 6.06. The van der Waals surface area contributed by atoms with E-state index in [1.807, 2.05) is 35.9 Å². The Hall–Kier alpha value is -4.24. The van der Waals surface area contributed by atoms with E-state index in [-0.39, 0.29) is 18.4 Å². The van der Waals surface area contributed by atoms with Crippen LogP contribution in [0, 0.1) is 13.8 Å². The predicted octanol–water partition coefficient (Wildman–Crippen LogP) is 3.35. The molecule has 9 nitrogen and oxygen atoms in total. The minimum atomic E-state index is -0.281. The quantitative estimate of drug-likeness (QED) is 0.435. The molecule has 0 aliphatic carbocycles. The molecule has 0 radical (unpaired) electrons. The molecule has 1 fully saturated rings. The minimum Gasteiger partial charge on any atom is -0.378 e. The van der Waals surface area contributed by atoms with Gasteiger partial charge in [0.05, 0.1) is 31.6 Å². The number of carbonyl (C=O) groups is 2. The van der Waals surface area contributed by atoms with Crippen molar-refractivity contribution in [3.63, 3.8) is 0 Å². The second-order valence-electron chi connectivity index (χ2n) is 8.81. The zero-order valence-electron chi connectivity index (χ0n) is 20.3. The van der Waals surface area contributed by atoms with E-state index in [1.165, 1.54) is 5.56 Å². The molecule has 0 bridgehead atoms. The van der Waals surface area contributed by atoms with E-state index in [4.69, 9.17) is 4.74 Å². The lowest BCUT2D eigenvalue weighted by atomic mass is 10.1. The molecule has 1 saturated heterocycles. The van der Waals surface area contributed by atoms with Crippen LogP contribution in [0.3, 0.4) is 0 Å². The third-order valence-corrected chi connectivity index (χ3v) is 6.27. The van der Waals surface area contributed by atoms with Gasteiger partial charge in [0.1, 0.15) is 0 Å². The molecule has 5 rings (SSSR count). The van der Waals surface area contributed by atoms with Gasteiger partial charge in [-0.3, -0.25) is 14.0 Å². The number of carbonyl (C=O) groups excluding carboxylic acids is 2. The van der Waals surface area contributed by atoms with Crippen LogP contribution in [0.1, 0.15) is 21.5 Å². The Labute approximate surface area is 209 Å². The molecule has 2 aromatic carbocycles.